The maximum Gasteiger partial charge on any atom is 0.240 e. The Morgan fingerprint density at radius 2 is 2.47 bits per heavy atom. The lowest BCUT2D eigenvalue weighted by Crippen LogP contribution is -2.51. The fourth-order valence-corrected chi connectivity index (χ4v) is 2.16. The third-order valence-electron chi connectivity index (χ3n) is 3.20. The number of anilines is 1. The van der Waals surface area contributed by atoms with Crippen LogP contribution in [0, 0.1) is 0 Å². The van der Waals surface area contributed by atoms with Gasteiger partial charge in [-0.3, -0.25) is 15.0 Å². The maximum atomic E-state index is 11.9. The summed E-state index contributed by atoms with van der Waals surface area (Å²) in [4.78, 5) is 14.0. The Morgan fingerprint density at radius 1 is 1.68 bits per heavy atom. The first-order valence-electron chi connectivity index (χ1n) is 6.77. The highest BCUT2D eigenvalue weighted by Crippen LogP contribution is 2.17. The summed E-state index contributed by atoms with van der Waals surface area (Å²) in [6.07, 6.45) is 0. The number of hydrogen-bond donors (Lipinski definition) is 2. The van der Waals surface area contributed by atoms with Crippen molar-refractivity contribution in [2.24, 2.45) is 0 Å². The lowest BCUT2D eigenvalue weighted by Gasteiger charge is -2.30. The molecule has 1 saturated heterocycles. The van der Waals surface area contributed by atoms with Crippen molar-refractivity contribution in [1.82, 2.24) is 15.4 Å². The molecule has 1 aliphatic heterocycles. The van der Waals surface area contributed by atoms with Crippen LogP contribution in [0.4, 0.5) is 5.88 Å². The zero-order valence-electron chi connectivity index (χ0n) is 11.8. The molecular formula is C13H22N4O2. The van der Waals surface area contributed by atoms with Gasteiger partial charge in [0.15, 0.2) is 0 Å². The van der Waals surface area contributed by atoms with Crippen molar-refractivity contribution in [2.45, 2.75) is 32.7 Å². The number of amides is 1. The summed E-state index contributed by atoms with van der Waals surface area (Å²) in [5, 5.41) is 10.0. The van der Waals surface area contributed by atoms with Crippen molar-refractivity contribution >= 4 is 11.8 Å². The van der Waals surface area contributed by atoms with Crippen LogP contribution in [0.1, 0.15) is 32.4 Å². The molecule has 2 rings (SSSR count). The highest BCUT2D eigenvalue weighted by atomic mass is 16.5. The van der Waals surface area contributed by atoms with Gasteiger partial charge in [0.25, 0.3) is 0 Å². The minimum Gasteiger partial charge on any atom is -0.338 e. The van der Waals surface area contributed by atoms with E-state index in [9.17, 15) is 4.79 Å². The molecule has 0 bridgehead atoms. The number of nitrogens with one attached hydrogen (secondary N) is 2. The molecule has 0 radical (unpaired) electrons. The first kappa shape index (κ1) is 14.0. The fourth-order valence-electron chi connectivity index (χ4n) is 2.16. The van der Waals surface area contributed by atoms with E-state index in [4.69, 9.17) is 4.52 Å². The van der Waals surface area contributed by atoms with Crippen LogP contribution < -0.4 is 10.6 Å². The molecule has 1 atom stereocenters. The minimum atomic E-state index is -0.0550. The van der Waals surface area contributed by atoms with E-state index in [1.165, 1.54) is 0 Å². The normalized spacial score (nSPS) is 20.7. The van der Waals surface area contributed by atoms with Gasteiger partial charge in [-0.25, -0.2) is 0 Å². The van der Waals surface area contributed by atoms with Gasteiger partial charge in [0.05, 0.1) is 12.2 Å². The first-order valence-corrected chi connectivity index (χ1v) is 6.77. The Hall–Kier alpha value is -1.40. The number of carbonyl (C=O) groups excluding carboxylic acids is 1. The van der Waals surface area contributed by atoms with E-state index in [1.807, 2.05) is 13.8 Å². The summed E-state index contributed by atoms with van der Waals surface area (Å²) < 4.78 is 5.09. The van der Waals surface area contributed by atoms with Crippen LogP contribution in [-0.4, -0.2) is 48.2 Å². The molecule has 1 aromatic rings. The average Bonchev–Trinajstić information content (AvgIpc) is 2.77. The Balaban J connectivity index is 1.83. The van der Waals surface area contributed by atoms with Crippen LogP contribution in [0.2, 0.25) is 0 Å². The van der Waals surface area contributed by atoms with Crippen molar-refractivity contribution in [3.05, 3.63) is 11.8 Å². The van der Waals surface area contributed by atoms with Crippen molar-refractivity contribution in [3.63, 3.8) is 0 Å². The van der Waals surface area contributed by atoms with Crippen molar-refractivity contribution in [2.75, 3.05) is 31.5 Å². The Bertz CT molecular complexity index is 430. The predicted molar refractivity (Wildman–Crippen MR) is 73.1 cm³/mol. The van der Waals surface area contributed by atoms with Crippen LogP contribution in [0.25, 0.3) is 0 Å². The number of piperazine rings is 1. The van der Waals surface area contributed by atoms with Crippen LogP contribution >= 0.6 is 0 Å². The van der Waals surface area contributed by atoms with E-state index in [0.29, 0.717) is 24.4 Å². The van der Waals surface area contributed by atoms with Crippen LogP contribution in [0.15, 0.2) is 10.6 Å². The van der Waals surface area contributed by atoms with Crippen molar-refractivity contribution in [3.8, 4) is 0 Å². The smallest absolute Gasteiger partial charge is 0.240 e. The van der Waals surface area contributed by atoms with Gasteiger partial charge in [0.1, 0.15) is 0 Å². The molecule has 0 aromatic carbocycles. The predicted octanol–water partition coefficient (Wildman–Crippen LogP) is 1.03. The van der Waals surface area contributed by atoms with Gasteiger partial charge in [0, 0.05) is 31.7 Å². The SMILES string of the molecule is CC(C)c1cc(NC(=O)CN2CCN[C@@H](C)C2)on1. The zero-order chi connectivity index (χ0) is 13.8. The molecular weight excluding hydrogens is 244 g/mol. The van der Waals surface area contributed by atoms with E-state index in [2.05, 4.69) is 27.6 Å². The van der Waals surface area contributed by atoms with Gasteiger partial charge >= 0.3 is 0 Å². The van der Waals surface area contributed by atoms with E-state index in [-0.39, 0.29) is 5.91 Å². The van der Waals surface area contributed by atoms with E-state index < -0.39 is 0 Å². The molecule has 2 heterocycles. The van der Waals surface area contributed by atoms with Gasteiger partial charge < -0.3 is 9.84 Å². The van der Waals surface area contributed by atoms with Crippen LogP contribution in [-0.2, 0) is 4.79 Å². The van der Waals surface area contributed by atoms with E-state index >= 15 is 0 Å². The lowest BCUT2D eigenvalue weighted by atomic mass is 10.1. The van der Waals surface area contributed by atoms with E-state index in [0.717, 1.165) is 25.3 Å². The molecule has 0 spiro atoms. The van der Waals surface area contributed by atoms with Gasteiger partial charge in [0.2, 0.25) is 11.8 Å². The molecule has 6 nitrogen and oxygen atoms in total. The molecule has 19 heavy (non-hydrogen) atoms. The van der Waals surface area contributed by atoms with Gasteiger partial charge in [-0.2, -0.15) is 0 Å². The number of hydrogen-bond acceptors (Lipinski definition) is 5. The largest absolute Gasteiger partial charge is 0.338 e. The molecule has 1 aliphatic rings. The second kappa shape index (κ2) is 6.16. The van der Waals surface area contributed by atoms with E-state index in [1.54, 1.807) is 6.07 Å². The summed E-state index contributed by atoms with van der Waals surface area (Å²) in [5.74, 6) is 0.667. The number of rotatable bonds is 4. The fraction of sp³-hybridized carbons (Fsp3) is 0.692. The number of aromatic nitrogens is 1. The Kier molecular flexibility index (Phi) is 4.55. The first-order chi connectivity index (χ1) is 9.04. The third-order valence-corrected chi connectivity index (χ3v) is 3.20. The summed E-state index contributed by atoms with van der Waals surface area (Å²) in [7, 11) is 0. The molecule has 1 aromatic heterocycles. The van der Waals surface area contributed by atoms with Crippen LogP contribution in [0.3, 0.4) is 0 Å². The highest BCUT2D eigenvalue weighted by Gasteiger charge is 2.18. The molecule has 0 aliphatic carbocycles. The monoisotopic (exact) mass is 266 g/mol. The molecule has 0 saturated carbocycles. The highest BCUT2D eigenvalue weighted by molar-refractivity contribution is 5.90. The molecule has 6 heteroatoms. The van der Waals surface area contributed by atoms with Gasteiger partial charge in [-0.15, -0.1) is 0 Å². The quantitative estimate of drug-likeness (QED) is 0.852. The van der Waals surface area contributed by atoms with Crippen molar-refractivity contribution in [1.29, 1.82) is 0 Å². The maximum absolute atomic E-state index is 11.9. The second-order valence-electron chi connectivity index (χ2n) is 5.41. The Labute approximate surface area is 113 Å². The summed E-state index contributed by atoms with van der Waals surface area (Å²) in [5.41, 5.74) is 0.853. The molecule has 1 amide bonds. The Morgan fingerprint density at radius 3 is 3.11 bits per heavy atom. The summed E-state index contributed by atoms with van der Waals surface area (Å²) >= 11 is 0. The summed E-state index contributed by atoms with van der Waals surface area (Å²) in [6, 6.07) is 2.21. The second-order valence-corrected chi connectivity index (χ2v) is 5.41. The van der Waals surface area contributed by atoms with Crippen molar-refractivity contribution < 1.29 is 9.32 Å². The molecule has 2 N–H and O–H groups in total. The summed E-state index contributed by atoms with van der Waals surface area (Å²) in [6.45, 7) is 9.29. The number of nitrogens with zero attached hydrogens (tertiary/aromatic N) is 2. The third kappa shape index (κ3) is 4.04. The number of carbonyl (C=O) groups is 1. The van der Waals surface area contributed by atoms with Crippen LogP contribution in [0.5, 0.6) is 0 Å². The molecule has 1 fully saturated rings. The lowest BCUT2D eigenvalue weighted by molar-refractivity contribution is -0.117. The average molecular weight is 266 g/mol. The zero-order valence-corrected chi connectivity index (χ0v) is 11.8. The molecule has 106 valence electrons. The minimum absolute atomic E-state index is 0.0550. The standard InChI is InChI=1S/C13H22N4O2/c1-9(2)11-6-13(19-16-11)15-12(18)8-17-5-4-14-10(3)7-17/h6,9-10,14H,4-5,7-8H2,1-3H3,(H,15,18)/t10-/m0/s1. The van der Waals surface area contributed by atoms with Gasteiger partial charge in [-0.1, -0.05) is 19.0 Å². The topological polar surface area (TPSA) is 70.4 Å². The van der Waals surface area contributed by atoms with Gasteiger partial charge in [-0.05, 0) is 12.8 Å². The molecule has 0 unspecified atom stereocenters.